The van der Waals surface area contributed by atoms with Gasteiger partial charge in [0.05, 0.1) is 35.2 Å². The third kappa shape index (κ3) is 7.02. The molecule has 3 aromatic rings. The first-order valence-corrected chi connectivity index (χ1v) is 26.0. The number of phenolic OH excluding ortho intramolecular Hbond substituents is 1. The molecule has 1 saturated heterocycles. The first kappa shape index (κ1) is 46.3. The average Bonchev–Trinajstić information content (AvgIpc) is 4.07. The Labute approximate surface area is 399 Å². The minimum Gasteiger partial charge on any atom is -0.508 e. The number of hydrogen-bond acceptors (Lipinski definition) is 7. The number of H-pyrrole nitrogens is 1. The average molecular weight is 912 g/mol. The van der Waals surface area contributed by atoms with Crippen molar-refractivity contribution in [3.8, 4) is 17.0 Å². The lowest BCUT2D eigenvalue weighted by molar-refractivity contribution is -0.251. The van der Waals surface area contributed by atoms with Crippen molar-refractivity contribution in [2.75, 3.05) is 6.54 Å². The molecule has 1 aromatic heterocycles. The van der Waals surface area contributed by atoms with Crippen LogP contribution < -0.4 is 0 Å². The van der Waals surface area contributed by atoms with Gasteiger partial charge in [0.15, 0.2) is 0 Å². The van der Waals surface area contributed by atoms with E-state index in [0.717, 1.165) is 99.8 Å². The largest absolute Gasteiger partial charge is 0.508 e. The van der Waals surface area contributed by atoms with Crippen LogP contribution in [0.1, 0.15) is 156 Å². The molecule has 6 aliphatic carbocycles. The molecule has 360 valence electrons. The Morgan fingerprint density at radius 2 is 1.52 bits per heavy atom. The van der Waals surface area contributed by atoms with Crippen molar-refractivity contribution in [2.24, 2.45) is 73.9 Å². The summed E-state index contributed by atoms with van der Waals surface area (Å²) in [5.74, 6) is 2.43. The van der Waals surface area contributed by atoms with E-state index in [0.29, 0.717) is 36.0 Å². The summed E-state index contributed by atoms with van der Waals surface area (Å²) in [7, 11) is 0. The summed E-state index contributed by atoms with van der Waals surface area (Å²) >= 11 is 0. The van der Waals surface area contributed by atoms with Crippen LogP contribution in [-0.4, -0.2) is 50.5 Å². The summed E-state index contributed by atoms with van der Waals surface area (Å²) in [5, 5.41) is 9.88. The smallest absolute Gasteiger partial charge is 0.309 e. The van der Waals surface area contributed by atoms with Gasteiger partial charge in [0.2, 0.25) is 5.91 Å². The van der Waals surface area contributed by atoms with E-state index in [1.165, 1.54) is 12.0 Å². The van der Waals surface area contributed by atoms with Crippen LogP contribution in [0.2, 0.25) is 0 Å². The SMILES string of the molecule is C=C(C)[C@@H]1CC[C@]2(C(=O)N3CCC[C@H]3c3ncc(-c4ccc(O)cc4)[nH]3)CC[C@]3(C)[C@H](CC[C@@H]4[C@@]5(C)CC[C@H](OC(=O)C6CC(C(=O)OCc7ccccc7)C6(C)C)C(C)(C)[C@@H]5CC[C@]43C)[C@@H]12. The van der Waals surface area contributed by atoms with Gasteiger partial charge >= 0.3 is 11.9 Å². The van der Waals surface area contributed by atoms with E-state index >= 15 is 4.79 Å². The van der Waals surface area contributed by atoms with Crippen molar-refractivity contribution in [3.63, 3.8) is 0 Å². The monoisotopic (exact) mass is 912 g/mol. The molecule has 7 fully saturated rings. The number of aromatic amines is 1. The van der Waals surface area contributed by atoms with Gasteiger partial charge in [0, 0.05) is 12.0 Å². The number of rotatable bonds is 9. The second-order valence-corrected chi connectivity index (χ2v) is 24.8. The molecule has 1 amide bonds. The zero-order chi connectivity index (χ0) is 47.5. The van der Waals surface area contributed by atoms with Gasteiger partial charge in [-0.1, -0.05) is 91.0 Å². The number of fused-ring (bicyclic) bond motifs is 7. The minimum atomic E-state index is -0.529. The molecule has 9 nitrogen and oxygen atoms in total. The van der Waals surface area contributed by atoms with Gasteiger partial charge in [0.25, 0.3) is 0 Å². The fourth-order valence-electron chi connectivity index (χ4n) is 17.3. The number of carbonyl (C=O) groups is 3. The molecule has 10 rings (SSSR count). The first-order chi connectivity index (χ1) is 31.8. The molecule has 6 saturated carbocycles. The van der Waals surface area contributed by atoms with Crippen LogP contribution >= 0.6 is 0 Å². The Balaban J connectivity index is 0.848. The maximum absolute atomic E-state index is 15.6. The van der Waals surface area contributed by atoms with Gasteiger partial charge in [-0.05, 0) is 177 Å². The van der Waals surface area contributed by atoms with E-state index < -0.39 is 10.8 Å². The fourth-order valence-corrected chi connectivity index (χ4v) is 17.3. The molecule has 7 aliphatic rings. The zero-order valence-electron chi connectivity index (χ0n) is 41.7. The molecule has 2 unspecified atom stereocenters. The van der Waals surface area contributed by atoms with E-state index in [9.17, 15) is 14.7 Å². The van der Waals surface area contributed by atoms with Crippen molar-refractivity contribution in [3.05, 3.63) is 84.3 Å². The Hall–Kier alpha value is -4.40. The summed E-state index contributed by atoms with van der Waals surface area (Å²) < 4.78 is 12.4. The third-order valence-electron chi connectivity index (χ3n) is 21.4. The topological polar surface area (TPSA) is 122 Å². The van der Waals surface area contributed by atoms with Crippen LogP contribution in [0.15, 0.2) is 72.9 Å². The van der Waals surface area contributed by atoms with E-state index in [4.69, 9.17) is 14.5 Å². The molecule has 2 N–H and O–H groups in total. The highest BCUT2D eigenvalue weighted by Gasteiger charge is 2.72. The minimum absolute atomic E-state index is 0.0714. The molecular formula is C58H77N3O6. The van der Waals surface area contributed by atoms with Crippen LogP contribution in [0.25, 0.3) is 11.3 Å². The maximum atomic E-state index is 15.6. The van der Waals surface area contributed by atoms with Gasteiger partial charge in [-0.25, -0.2) is 4.98 Å². The summed E-state index contributed by atoms with van der Waals surface area (Å²) in [6, 6.07) is 16.9. The van der Waals surface area contributed by atoms with Crippen molar-refractivity contribution in [1.29, 1.82) is 0 Å². The highest BCUT2D eigenvalue weighted by Crippen LogP contribution is 2.78. The number of nitrogens with zero attached hydrogens (tertiary/aromatic N) is 2. The number of allylic oxidation sites excluding steroid dienone is 1. The van der Waals surface area contributed by atoms with Crippen molar-refractivity contribution in [2.45, 2.75) is 158 Å². The molecule has 0 radical (unpaired) electrons. The van der Waals surface area contributed by atoms with Crippen LogP contribution in [0, 0.1) is 73.9 Å². The van der Waals surface area contributed by atoms with Gasteiger partial charge in [-0.2, -0.15) is 0 Å². The molecule has 0 spiro atoms. The Morgan fingerprint density at radius 1 is 0.791 bits per heavy atom. The lowest BCUT2D eigenvalue weighted by Gasteiger charge is -2.73. The summed E-state index contributed by atoms with van der Waals surface area (Å²) in [4.78, 5) is 53.6. The van der Waals surface area contributed by atoms with E-state index in [1.807, 2.05) is 62.5 Å². The van der Waals surface area contributed by atoms with Gasteiger partial charge in [0.1, 0.15) is 24.3 Å². The van der Waals surface area contributed by atoms with E-state index in [1.54, 1.807) is 12.1 Å². The molecule has 0 bridgehead atoms. The van der Waals surface area contributed by atoms with Gasteiger partial charge in [-0.3, -0.25) is 14.4 Å². The highest BCUT2D eigenvalue weighted by atomic mass is 16.5. The van der Waals surface area contributed by atoms with Crippen LogP contribution in [0.5, 0.6) is 5.75 Å². The van der Waals surface area contributed by atoms with E-state index in [-0.39, 0.29) is 75.9 Å². The van der Waals surface area contributed by atoms with Crippen LogP contribution in [-0.2, 0) is 30.5 Å². The molecule has 2 aromatic carbocycles. The zero-order valence-corrected chi connectivity index (χ0v) is 41.7. The number of amides is 1. The number of aromatic hydroxyl groups is 1. The summed E-state index contributed by atoms with van der Waals surface area (Å²) in [6.45, 7) is 24.5. The number of benzene rings is 2. The summed E-state index contributed by atoms with van der Waals surface area (Å²) in [5.41, 5.74) is 3.26. The first-order valence-electron chi connectivity index (χ1n) is 26.0. The van der Waals surface area contributed by atoms with Crippen molar-refractivity contribution < 1.29 is 29.0 Å². The quantitative estimate of drug-likeness (QED) is 0.162. The predicted octanol–water partition coefficient (Wildman–Crippen LogP) is 12.4. The van der Waals surface area contributed by atoms with Crippen LogP contribution in [0.3, 0.4) is 0 Å². The Bertz CT molecular complexity index is 2410. The normalized spacial score (nSPS) is 39.2. The summed E-state index contributed by atoms with van der Waals surface area (Å²) in [6.07, 6.45) is 14.5. The molecular weight excluding hydrogens is 835 g/mol. The number of ether oxygens (including phenoxy) is 2. The third-order valence-corrected chi connectivity index (χ3v) is 21.4. The van der Waals surface area contributed by atoms with E-state index in [2.05, 4.69) is 58.0 Å². The molecule has 9 heteroatoms. The van der Waals surface area contributed by atoms with Crippen LogP contribution in [0.4, 0.5) is 0 Å². The number of hydrogen-bond donors (Lipinski definition) is 2. The lowest BCUT2D eigenvalue weighted by Crippen LogP contribution is -2.67. The maximum Gasteiger partial charge on any atom is 0.309 e. The Kier molecular flexibility index (Phi) is 11.3. The second kappa shape index (κ2) is 16.4. The Morgan fingerprint density at radius 3 is 2.24 bits per heavy atom. The fraction of sp³-hybridized carbons (Fsp3) is 0.655. The number of carbonyl (C=O) groups excluding carboxylic acids is 3. The number of likely N-dealkylation sites (tertiary alicyclic amines) is 1. The molecule has 67 heavy (non-hydrogen) atoms. The van der Waals surface area contributed by atoms with Crippen molar-refractivity contribution >= 4 is 17.8 Å². The number of aromatic nitrogens is 2. The molecule has 1 aliphatic heterocycles. The number of imidazole rings is 1. The molecule has 13 atom stereocenters. The number of phenols is 1. The van der Waals surface area contributed by atoms with Crippen molar-refractivity contribution in [1.82, 2.24) is 14.9 Å². The number of esters is 2. The van der Waals surface area contributed by atoms with Gasteiger partial charge in [-0.15, -0.1) is 0 Å². The second-order valence-electron chi connectivity index (χ2n) is 24.8. The molecule has 2 heterocycles. The lowest BCUT2D eigenvalue weighted by atomic mass is 9.32. The van der Waals surface area contributed by atoms with Gasteiger partial charge < -0.3 is 24.5 Å². The standard InChI is InChI=1S/C58H77N3O6/c1-35(2)39-23-28-58(52(65)61-31-13-16-44(61)49-59-33-43(60-49)37-17-19-38(62)20-18-37)30-29-56(8)40(48(39)58)21-22-46-55(7)26-25-47(54(5,6)45(55)24-27-57(46,56)9)67-51(64)42-32-41(53(42,3)4)50(63)66-34-36-14-11-10-12-15-36/h10-12,14-15,17-20,33,39-42,44-48,62H,1,13,16,21-32,34H2,2-9H3,(H,59,60)/t39-,40+,41?,42?,44-,45-,46+,47-,48+,55-,56+,57+,58-/m0/s1. The predicted molar refractivity (Wildman–Crippen MR) is 260 cm³/mol. The number of nitrogens with one attached hydrogen (secondary N) is 1. The highest BCUT2D eigenvalue weighted by molar-refractivity contribution is 5.85.